The Morgan fingerprint density at radius 2 is 1.71 bits per heavy atom. The average molecular weight is 477 g/mol. The molecule has 0 aliphatic heterocycles. The third-order valence-electron chi connectivity index (χ3n) is 4.13. The topological polar surface area (TPSA) is 101 Å². The smallest absolute Gasteiger partial charge is 0.262 e. The van der Waals surface area contributed by atoms with E-state index >= 15 is 0 Å². The van der Waals surface area contributed by atoms with Crippen LogP contribution in [0.25, 0.3) is 0 Å². The maximum absolute atomic E-state index is 12.9. The van der Waals surface area contributed by atoms with Crippen molar-refractivity contribution in [2.75, 3.05) is 15.8 Å². The highest BCUT2D eigenvalue weighted by molar-refractivity contribution is 7.99. The molecule has 0 unspecified atom stereocenters. The molecule has 0 aliphatic rings. The molecule has 0 radical (unpaired) electrons. The van der Waals surface area contributed by atoms with Crippen LogP contribution in [0.15, 0.2) is 58.6 Å². The minimum absolute atomic E-state index is 0.0653. The number of nitrogens with zero attached hydrogens (tertiary/aromatic N) is 2. The second kappa shape index (κ2) is 9.67. The summed E-state index contributed by atoms with van der Waals surface area (Å²) in [5.41, 5.74) is 2.94. The first-order valence-corrected chi connectivity index (χ1v) is 12.1. The molecule has 3 rings (SSSR count). The molecule has 0 saturated carbocycles. The van der Waals surface area contributed by atoms with Crippen molar-refractivity contribution in [1.29, 1.82) is 0 Å². The summed E-state index contributed by atoms with van der Waals surface area (Å²) in [6.45, 7) is 5.42. The number of aryl methyl sites for hydroxylation is 3. The van der Waals surface area contributed by atoms with Gasteiger partial charge in [0.15, 0.2) is 5.16 Å². The molecule has 162 valence electrons. The average Bonchev–Trinajstić information content (AvgIpc) is 2.67. The summed E-state index contributed by atoms with van der Waals surface area (Å²) in [5, 5.41) is 3.66. The van der Waals surface area contributed by atoms with Gasteiger partial charge in [-0.1, -0.05) is 35.5 Å². The van der Waals surface area contributed by atoms with Gasteiger partial charge in [0.1, 0.15) is 0 Å². The van der Waals surface area contributed by atoms with Crippen molar-refractivity contribution in [2.24, 2.45) is 0 Å². The number of rotatable bonds is 7. The Morgan fingerprint density at radius 3 is 2.39 bits per heavy atom. The van der Waals surface area contributed by atoms with Crippen LogP contribution in [0.2, 0.25) is 5.02 Å². The van der Waals surface area contributed by atoms with Gasteiger partial charge in [0.05, 0.1) is 16.3 Å². The number of sulfonamides is 1. The van der Waals surface area contributed by atoms with Gasteiger partial charge >= 0.3 is 0 Å². The SMILES string of the molecule is Cc1cc(C)nc(SCC(=O)Nc2ccc(C)c(S(=O)(=O)Nc3cccc(Cl)c3)c2)n1. The van der Waals surface area contributed by atoms with Crippen LogP contribution >= 0.6 is 23.4 Å². The van der Waals surface area contributed by atoms with Gasteiger partial charge in [-0.3, -0.25) is 9.52 Å². The Balaban J connectivity index is 1.71. The molecule has 7 nitrogen and oxygen atoms in total. The van der Waals surface area contributed by atoms with Crippen molar-refractivity contribution in [1.82, 2.24) is 9.97 Å². The lowest BCUT2D eigenvalue weighted by atomic mass is 10.2. The number of halogens is 1. The second-order valence-electron chi connectivity index (χ2n) is 6.87. The van der Waals surface area contributed by atoms with Gasteiger partial charge in [0.2, 0.25) is 5.91 Å². The number of benzene rings is 2. The predicted octanol–water partition coefficient (Wildman–Crippen LogP) is 4.59. The van der Waals surface area contributed by atoms with E-state index in [0.29, 0.717) is 27.1 Å². The normalized spacial score (nSPS) is 11.2. The van der Waals surface area contributed by atoms with Crippen molar-refractivity contribution in [3.63, 3.8) is 0 Å². The van der Waals surface area contributed by atoms with Gasteiger partial charge < -0.3 is 5.32 Å². The van der Waals surface area contributed by atoms with Crippen LogP contribution in [0.4, 0.5) is 11.4 Å². The maximum atomic E-state index is 12.9. The predicted molar refractivity (Wildman–Crippen MR) is 124 cm³/mol. The minimum atomic E-state index is -3.87. The molecular formula is C21H21ClN4O3S2. The molecule has 2 aromatic carbocycles. The first-order valence-electron chi connectivity index (χ1n) is 9.26. The Kier molecular flexibility index (Phi) is 7.19. The zero-order chi connectivity index (χ0) is 22.6. The summed E-state index contributed by atoms with van der Waals surface area (Å²) in [5.74, 6) is -0.192. The van der Waals surface area contributed by atoms with Crippen LogP contribution in [0.5, 0.6) is 0 Å². The Labute approximate surface area is 190 Å². The molecule has 0 aliphatic carbocycles. The fraction of sp³-hybridized carbons (Fsp3) is 0.190. The third-order valence-corrected chi connectivity index (χ3v) is 6.74. The lowest BCUT2D eigenvalue weighted by Gasteiger charge is -2.13. The molecule has 31 heavy (non-hydrogen) atoms. The molecule has 0 spiro atoms. The number of hydrogen-bond acceptors (Lipinski definition) is 6. The summed E-state index contributed by atoms with van der Waals surface area (Å²) in [4.78, 5) is 21.0. The molecule has 1 amide bonds. The van der Waals surface area contributed by atoms with E-state index in [1.807, 2.05) is 19.9 Å². The zero-order valence-corrected chi connectivity index (χ0v) is 19.5. The Hall–Kier alpha value is -2.62. The molecule has 1 aromatic heterocycles. The number of amides is 1. The molecule has 0 atom stereocenters. The monoisotopic (exact) mass is 476 g/mol. The molecule has 2 N–H and O–H groups in total. The number of hydrogen-bond donors (Lipinski definition) is 2. The highest BCUT2D eigenvalue weighted by Gasteiger charge is 2.18. The Bertz CT molecular complexity index is 1210. The van der Waals surface area contributed by atoms with Crippen LogP contribution < -0.4 is 10.0 Å². The molecule has 0 saturated heterocycles. The fourth-order valence-corrected chi connectivity index (χ4v) is 5.08. The van der Waals surface area contributed by atoms with E-state index in [4.69, 9.17) is 11.6 Å². The fourth-order valence-electron chi connectivity index (χ4n) is 2.81. The second-order valence-corrected chi connectivity index (χ2v) is 9.90. The van der Waals surface area contributed by atoms with E-state index in [2.05, 4.69) is 20.0 Å². The van der Waals surface area contributed by atoms with Crippen molar-refractivity contribution in [3.05, 3.63) is 70.5 Å². The number of carbonyl (C=O) groups is 1. The molecular weight excluding hydrogens is 456 g/mol. The van der Waals surface area contributed by atoms with Gasteiger partial charge in [-0.15, -0.1) is 0 Å². The number of carbonyl (C=O) groups excluding carboxylic acids is 1. The minimum Gasteiger partial charge on any atom is -0.325 e. The molecule has 1 heterocycles. The van der Waals surface area contributed by atoms with Crippen molar-refractivity contribution in [3.8, 4) is 0 Å². The summed E-state index contributed by atoms with van der Waals surface area (Å²) < 4.78 is 28.2. The molecule has 10 heteroatoms. The van der Waals surface area contributed by atoms with Crippen molar-refractivity contribution >= 4 is 50.7 Å². The Morgan fingerprint density at radius 1 is 1.00 bits per heavy atom. The van der Waals surface area contributed by atoms with E-state index in [9.17, 15) is 13.2 Å². The molecule has 3 aromatic rings. The van der Waals surface area contributed by atoms with Gasteiger partial charge in [-0.05, 0) is 62.7 Å². The number of thioether (sulfide) groups is 1. The standard InChI is InChI=1S/C21H21ClN4O3S2/c1-13-7-8-17(25-20(27)12-30-21-23-14(2)9-15(3)24-21)11-19(13)31(28,29)26-18-6-4-5-16(22)10-18/h4-11,26H,12H2,1-3H3,(H,25,27). The van der Waals surface area contributed by atoms with Crippen molar-refractivity contribution in [2.45, 2.75) is 30.8 Å². The molecule has 0 bridgehead atoms. The highest BCUT2D eigenvalue weighted by atomic mass is 35.5. The summed E-state index contributed by atoms with van der Waals surface area (Å²) in [6.07, 6.45) is 0. The van der Waals surface area contributed by atoms with E-state index < -0.39 is 10.0 Å². The maximum Gasteiger partial charge on any atom is 0.262 e. The number of anilines is 2. The van der Waals surface area contributed by atoms with Crippen LogP contribution in [0.1, 0.15) is 17.0 Å². The van der Waals surface area contributed by atoms with Crippen LogP contribution in [-0.2, 0) is 14.8 Å². The number of aromatic nitrogens is 2. The molecule has 0 fully saturated rings. The van der Waals surface area contributed by atoms with E-state index in [-0.39, 0.29) is 16.6 Å². The highest BCUT2D eigenvalue weighted by Crippen LogP contribution is 2.24. The first-order chi connectivity index (χ1) is 14.6. The van der Waals surface area contributed by atoms with E-state index in [1.165, 1.54) is 23.9 Å². The third kappa shape index (κ3) is 6.43. The van der Waals surface area contributed by atoms with Crippen LogP contribution in [-0.4, -0.2) is 30.0 Å². The lowest BCUT2D eigenvalue weighted by molar-refractivity contribution is -0.113. The van der Waals surface area contributed by atoms with Crippen LogP contribution in [0.3, 0.4) is 0 Å². The summed E-state index contributed by atoms with van der Waals surface area (Å²) in [6, 6.07) is 13.0. The van der Waals surface area contributed by atoms with Gasteiger partial charge in [-0.25, -0.2) is 18.4 Å². The summed E-state index contributed by atoms with van der Waals surface area (Å²) >= 11 is 7.15. The van der Waals surface area contributed by atoms with Crippen molar-refractivity contribution < 1.29 is 13.2 Å². The zero-order valence-electron chi connectivity index (χ0n) is 17.1. The van der Waals surface area contributed by atoms with Crippen LogP contribution in [0, 0.1) is 20.8 Å². The summed E-state index contributed by atoms with van der Waals surface area (Å²) in [7, 11) is -3.87. The largest absolute Gasteiger partial charge is 0.325 e. The van der Waals surface area contributed by atoms with Gasteiger partial charge in [-0.2, -0.15) is 0 Å². The number of nitrogens with one attached hydrogen (secondary N) is 2. The lowest BCUT2D eigenvalue weighted by Crippen LogP contribution is -2.17. The quantitative estimate of drug-likeness (QED) is 0.382. The van der Waals surface area contributed by atoms with Gasteiger partial charge in [0, 0.05) is 22.1 Å². The van der Waals surface area contributed by atoms with E-state index in [1.54, 1.807) is 37.3 Å². The van der Waals surface area contributed by atoms with E-state index in [0.717, 1.165) is 11.4 Å². The van der Waals surface area contributed by atoms with Gasteiger partial charge in [0.25, 0.3) is 10.0 Å². The first kappa shape index (κ1) is 23.1.